The summed E-state index contributed by atoms with van der Waals surface area (Å²) in [7, 11) is 0. The van der Waals surface area contributed by atoms with Crippen molar-refractivity contribution in [3.05, 3.63) is 35.4 Å². The van der Waals surface area contributed by atoms with Gasteiger partial charge < -0.3 is 0 Å². The molecule has 0 unspecified atom stereocenters. The molecule has 0 saturated heterocycles. The van der Waals surface area contributed by atoms with Crippen molar-refractivity contribution < 1.29 is 13.2 Å². The normalized spacial score (nSPS) is 12.1. The first-order valence-corrected chi connectivity index (χ1v) is 6.10. The van der Waals surface area contributed by atoms with Gasteiger partial charge in [0.2, 0.25) is 0 Å². The molecule has 0 aliphatic rings. The van der Waals surface area contributed by atoms with Crippen LogP contribution in [-0.4, -0.2) is 11.4 Å². The zero-order valence-corrected chi connectivity index (χ0v) is 10.3. The third kappa shape index (κ3) is 3.96. The van der Waals surface area contributed by atoms with Crippen LogP contribution >= 0.6 is 11.8 Å². The van der Waals surface area contributed by atoms with Crippen LogP contribution in [0.15, 0.2) is 29.3 Å². The Hall–Kier alpha value is -1.68. The molecule has 18 heavy (non-hydrogen) atoms. The zero-order valence-electron chi connectivity index (χ0n) is 9.45. The Morgan fingerprint density at radius 2 is 2.11 bits per heavy atom. The van der Waals surface area contributed by atoms with Gasteiger partial charge in [0.25, 0.3) is 0 Å². The molecule has 1 aromatic rings. The molecule has 0 aliphatic carbocycles. The molecule has 3 nitrogen and oxygen atoms in total. The van der Waals surface area contributed by atoms with E-state index >= 15 is 0 Å². The lowest BCUT2D eigenvalue weighted by Gasteiger charge is -2.11. The molecular formula is C11H10F3N3S. The number of alkyl halides is 3. The number of thioether (sulfide) groups is 1. The maximum absolute atomic E-state index is 12.7. The lowest BCUT2D eigenvalue weighted by atomic mass is 10.1. The van der Waals surface area contributed by atoms with Gasteiger partial charge in [0.15, 0.2) is 11.4 Å². The average molecular weight is 273 g/mol. The summed E-state index contributed by atoms with van der Waals surface area (Å²) in [4.78, 5) is 3.92. The highest BCUT2D eigenvalue weighted by Gasteiger charge is 2.32. The highest BCUT2D eigenvalue weighted by molar-refractivity contribution is 8.13. The summed E-state index contributed by atoms with van der Waals surface area (Å²) in [5.41, 5.74) is -0.623. The number of hydrogen-bond donors (Lipinski definition) is 1. The molecule has 0 aliphatic heterocycles. The molecule has 0 heterocycles. The van der Waals surface area contributed by atoms with E-state index in [1.807, 2.05) is 0 Å². The largest absolute Gasteiger partial charge is 0.416 e. The number of halogens is 3. The highest BCUT2D eigenvalue weighted by atomic mass is 32.2. The van der Waals surface area contributed by atoms with E-state index in [0.29, 0.717) is 0 Å². The molecule has 0 aromatic heterocycles. The van der Waals surface area contributed by atoms with Gasteiger partial charge in [-0.2, -0.15) is 18.4 Å². The average Bonchev–Trinajstić information content (AvgIpc) is 2.33. The maximum Gasteiger partial charge on any atom is 0.416 e. The first-order valence-electron chi connectivity index (χ1n) is 4.87. The van der Waals surface area contributed by atoms with Gasteiger partial charge in [0, 0.05) is 0 Å². The Bertz CT molecular complexity index is 477. The second-order valence-corrected chi connectivity index (χ2v) is 4.01. The fourth-order valence-corrected chi connectivity index (χ4v) is 1.64. The SMILES string of the molecule is CSC(=NCc1ccccc1C(F)(F)F)NC#N. The van der Waals surface area contributed by atoms with E-state index in [9.17, 15) is 13.2 Å². The van der Waals surface area contributed by atoms with E-state index in [2.05, 4.69) is 10.3 Å². The monoisotopic (exact) mass is 273 g/mol. The second-order valence-electron chi connectivity index (χ2n) is 3.22. The van der Waals surface area contributed by atoms with Crippen LogP contribution in [0.4, 0.5) is 13.2 Å². The van der Waals surface area contributed by atoms with Crippen LogP contribution < -0.4 is 5.32 Å². The van der Waals surface area contributed by atoms with E-state index < -0.39 is 11.7 Å². The Balaban J connectivity index is 2.95. The van der Waals surface area contributed by atoms with E-state index in [0.717, 1.165) is 17.8 Å². The quantitative estimate of drug-likeness (QED) is 0.390. The van der Waals surface area contributed by atoms with Gasteiger partial charge in [-0.15, -0.1) is 0 Å². The fraction of sp³-hybridized carbons (Fsp3) is 0.273. The summed E-state index contributed by atoms with van der Waals surface area (Å²) in [6.45, 7) is -0.124. The molecule has 0 bridgehead atoms. The third-order valence-corrected chi connectivity index (χ3v) is 2.69. The van der Waals surface area contributed by atoms with Crippen molar-refractivity contribution in [2.75, 3.05) is 6.26 Å². The van der Waals surface area contributed by atoms with Crippen LogP contribution in [0.3, 0.4) is 0 Å². The lowest BCUT2D eigenvalue weighted by Crippen LogP contribution is -2.14. The number of amidine groups is 1. The molecule has 0 amide bonds. The molecule has 1 aromatic carbocycles. The van der Waals surface area contributed by atoms with Crippen molar-refractivity contribution in [1.82, 2.24) is 5.32 Å². The topological polar surface area (TPSA) is 48.2 Å². The summed E-state index contributed by atoms with van der Waals surface area (Å²) < 4.78 is 38.0. The van der Waals surface area contributed by atoms with Gasteiger partial charge in [-0.3, -0.25) is 10.3 Å². The Morgan fingerprint density at radius 3 is 2.67 bits per heavy atom. The summed E-state index contributed by atoms with van der Waals surface area (Å²) in [6.07, 6.45) is -1.04. The minimum Gasteiger partial charge on any atom is -0.272 e. The number of hydrogen-bond acceptors (Lipinski definition) is 3. The van der Waals surface area contributed by atoms with Crippen molar-refractivity contribution in [2.24, 2.45) is 4.99 Å². The minimum atomic E-state index is -4.39. The van der Waals surface area contributed by atoms with Crippen molar-refractivity contribution in [2.45, 2.75) is 12.7 Å². The first kappa shape index (κ1) is 14.4. The zero-order chi connectivity index (χ0) is 13.6. The van der Waals surface area contributed by atoms with Crippen LogP contribution in [0, 0.1) is 11.5 Å². The number of nitrogens with one attached hydrogen (secondary N) is 1. The molecule has 1 N–H and O–H groups in total. The fourth-order valence-electron chi connectivity index (χ4n) is 1.29. The van der Waals surface area contributed by atoms with Crippen LogP contribution in [0.1, 0.15) is 11.1 Å². The standard InChI is InChI=1S/C11H10F3N3S/c1-18-10(17-7-15)16-6-8-4-2-3-5-9(8)11(12,13)14/h2-5H,6H2,1H3,(H,16,17). The van der Waals surface area contributed by atoms with Crippen molar-refractivity contribution in [3.8, 4) is 6.19 Å². The first-order chi connectivity index (χ1) is 8.49. The molecule has 0 fully saturated rings. The smallest absolute Gasteiger partial charge is 0.272 e. The van der Waals surface area contributed by atoms with Gasteiger partial charge in [-0.1, -0.05) is 30.0 Å². The molecule has 0 radical (unpaired) electrons. The van der Waals surface area contributed by atoms with Gasteiger partial charge in [0.1, 0.15) is 0 Å². The van der Waals surface area contributed by atoms with E-state index in [1.54, 1.807) is 12.4 Å². The molecule has 1 rings (SSSR count). The Labute approximate surface area is 107 Å². The van der Waals surface area contributed by atoms with Crippen LogP contribution in [0.5, 0.6) is 0 Å². The summed E-state index contributed by atoms with van der Waals surface area (Å²) in [6, 6.07) is 5.24. The van der Waals surface area contributed by atoms with E-state index in [4.69, 9.17) is 5.26 Å². The van der Waals surface area contributed by atoms with Crippen LogP contribution in [0.2, 0.25) is 0 Å². The molecule has 0 saturated carbocycles. The molecule has 96 valence electrons. The number of nitrogens with zero attached hydrogens (tertiary/aromatic N) is 2. The maximum atomic E-state index is 12.7. The summed E-state index contributed by atoms with van der Waals surface area (Å²) in [5, 5.41) is 11.0. The van der Waals surface area contributed by atoms with E-state index in [-0.39, 0.29) is 17.3 Å². The predicted molar refractivity (Wildman–Crippen MR) is 64.8 cm³/mol. The van der Waals surface area contributed by atoms with Crippen LogP contribution in [0.25, 0.3) is 0 Å². The van der Waals surface area contributed by atoms with Gasteiger partial charge in [-0.25, -0.2) is 0 Å². The van der Waals surface area contributed by atoms with Crippen LogP contribution in [-0.2, 0) is 12.7 Å². The Kier molecular flexibility index (Phi) is 5.04. The molecule has 0 spiro atoms. The number of nitriles is 1. The van der Waals surface area contributed by atoms with Gasteiger partial charge in [0.05, 0.1) is 12.1 Å². The van der Waals surface area contributed by atoms with Crippen molar-refractivity contribution >= 4 is 16.9 Å². The molecule has 0 atom stereocenters. The third-order valence-electron chi connectivity index (χ3n) is 2.07. The lowest BCUT2D eigenvalue weighted by molar-refractivity contribution is -0.138. The second kappa shape index (κ2) is 6.31. The van der Waals surface area contributed by atoms with Gasteiger partial charge in [-0.05, 0) is 17.9 Å². The molecule has 7 heteroatoms. The molecular weight excluding hydrogens is 263 g/mol. The summed E-state index contributed by atoms with van der Waals surface area (Å²) in [5.74, 6) is 0. The van der Waals surface area contributed by atoms with Crippen molar-refractivity contribution in [3.63, 3.8) is 0 Å². The highest BCUT2D eigenvalue weighted by Crippen LogP contribution is 2.32. The minimum absolute atomic E-state index is 0.0799. The van der Waals surface area contributed by atoms with Crippen molar-refractivity contribution in [1.29, 1.82) is 5.26 Å². The predicted octanol–water partition coefficient (Wildman–Crippen LogP) is 3.00. The number of aliphatic imine (C=N–C) groups is 1. The summed E-state index contributed by atoms with van der Waals surface area (Å²) >= 11 is 1.16. The van der Waals surface area contributed by atoms with E-state index in [1.165, 1.54) is 18.2 Å². The number of benzene rings is 1. The number of rotatable bonds is 2. The Morgan fingerprint density at radius 1 is 1.44 bits per heavy atom. The van der Waals surface area contributed by atoms with Gasteiger partial charge >= 0.3 is 6.18 Å².